The molecule has 0 bridgehead atoms. The lowest BCUT2D eigenvalue weighted by Crippen LogP contribution is -2.32. The molecule has 3 heteroatoms. The maximum absolute atomic E-state index is 4.62. The van der Waals surface area contributed by atoms with E-state index in [1.54, 1.807) is 11.9 Å². The van der Waals surface area contributed by atoms with Crippen LogP contribution in [0.15, 0.2) is 47.0 Å². The average Bonchev–Trinajstić information content (AvgIpc) is 2.46. The highest BCUT2D eigenvalue weighted by Gasteiger charge is 2.21. The zero-order chi connectivity index (χ0) is 14.2. The zero-order valence-corrected chi connectivity index (χ0v) is 13.1. The van der Waals surface area contributed by atoms with Crippen molar-refractivity contribution in [2.75, 3.05) is 12.3 Å². The van der Waals surface area contributed by atoms with Gasteiger partial charge in [0.1, 0.15) is 5.84 Å². The number of allylic oxidation sites excluding steroid dienone is 2. The van der Waals surface area contributed by atoms with Crippen LogP contribution in [-0.4, -0.2) is 23.0 Å². The number of hydrogen-bond donors (Lipinski definition) is 0. The van der Waals surface area contributed by atoms with Gasteiger partial charge in [0.15, 0.2) is 0 Å². The van der Waals surface area contributed by atoms with Crippen LogP contribution in [0.5, 0.6) is 0 Å². The number of fused-ring (bicyclic) bond motifs is 1. The fourth-order valence-corrected chi connectivity index (χ4v) is 3.14. The number of benzene rings is 1. The van der Waals surface area contributed by atoms with Crippen molar-refractivity contribution in [1.82, 2.24) is 4.90 Å². The van der Waals surface area contributed by atoms with Gasteiger partial charge >= 0.3 is 0 Å². The molecule has 0 saturated carbocycles. The summed E-state index contributed by atoms with van der Waals surface area (Å²) in [4.78, 5) is 2.24. The van der Waals surface area contributed by atoms with Crippen LogP contribution in [0.3, 0.4) is 0 Å². The highest BCUT2D eigenvalue weighted by molar-refractivity contribution is 7.98. The molecule has 2 aliphatic rings. The van der Waals surface area contributed by atoms with Gasteiger partial charge in [-0.3, -0.25) is 0 Å². The van der Waals surface area contributed by atoms with Crippen molar-refractivity contribution in [1.29, 1.82) is 0 Å². The summed E-state index contributed by atoms with van der Waals surface area (Å²) in [6, 6.07) is 8.89. The lowest BCUT2D eigenvalue weighted by molar-refractivity contribution is 0.590. The number of amidine groups is 1. The molecule has 0 aliphatic carbocycles. The molecule has 0 N–H and O–H groups in total. The fraction of sp³-hybridized carbons (Fsp3) is 0.353. The summed E-state index contributed by atoms with van der Waals surface area (Å²) in [5, 5.41) is 0. The fourth-order valence-electron chi connectivity index (χ4n) is 2.45. The third kappa shape index (κ3) is 2.55. The van der Waals surface area contributed by atoms with Gasteiger partial charge in [0.05, 0.1) is 0 Å². The van der Waals surface area contributed by atoms with Gasteiger partial charge in [-0.25, -0.2) is 0 Å². The van der Waals surface area contributed by atoms with Crippen LogP contribution in [0.4, 0.5) is 0 Å². The standard InChI is InChI=1S/C17H20N2S/c1-17(2,3)14-8-6-13(7-9-14)15-5-4-10-19-11-12-20-18-16(15)19/h4-10H,11-12H2,1-3H3. The normalized spacial score (nSPS) is 18.4. The molecule has 0 amide bonds. The molecule has 0 spiro atoms. The van der Waals surface area contributed by atoms with Gasteiger partial charge in [-0.1, -0.05) is 45.0 Å². The Morgan fingerprint density at radius 3 is 2.60 bits per heavy atom. The van der Waals surface area contributed by atoms with Crippen molar-refractivity contribution in [3.05, 3.63) is 53.7 Å². The summed E-state index contributed by atoms with van der Waals surface area (Å²) >= 11 is 1.66. The van der Waals surface area contributed by atoms with Gasteiger partial charge in [0.25, 0.3) is 0 Å². The molecule has 0 radical (unpaired) electrons. The van der Waals surface area contributed by atoms with Crippen molar-refractivity contribution < 1.29 is 0 Å². The number of nitrogens with zero attached hydrogens (tertiary/aromatic N) is 2. The molecular formula is C17H20N2S. The van der Waals surface area contributed by atoms with Gasteiger partial charge in [0, 0.05) is 24.1 Å². The Bertz CT molecular complexity index is 588. The van der Waals surface area contributed by atoms with Gasteiger partial charge in [-0.15, -0.1) is 0 Å². The van der Waals surface area contributed by atoms with Crippen LogP contribution in [0.25, 0.3) is 5.57 Å². The monoisotopic (exact) mass is 284 g/mol. The quantitative estimate of drug-likeness (QED) is 0.716. The summed E-state index contributed by atoms with van der Waals surface area (Å²) in [7, 11) is 0. The summed E-state index contributed by atoms with van der Waals surface area (Å²) in [6.45, 7) is 7.77. The summed E-state index contributed by atoms with van der Waals surface area (Å²) < 4.78 is 4.62. The minimum atomic E-state index is 0.198. The van der Waals surface area contributed by atoms with Crippen LogP contribution in [0, 0.1) is 0 Å². The van der Waals surface area contributed by atoms with Crippen LogP contribution in [0.2, 0.25) is 0 Å². The lowest BCUT2D eigenvalue weighted by atomic mass is 9.86. The minimum absolute atomic E-state index is 0.198. The maximum atomic E-state index is 4.62. The molecule has 0 aromatic heterocycles. The Hall–Kier alpha value is -1.48. The van der Waals surface area contributed by atoms with E-state index < -0.39 is 0 Å². The largest absolute Gasteiger partial charge is 0.331 e. The molecule has 2 aliphatic heterocycles. The average molecular weight is 284 g/mol. The first-order valence-electron chi connectivity index (χ1n) is 7.02. The Labute approximate surface area is 125 Å². The van der Waals surface area contributed by atoms with Gasteiger partial charge in [-0.2, -0.15) is 4.40 Å². The Balaban J connectivity index is 1.94. The zero-order valence-electron chi connectivity index (χ0n) is 12.3. The molecular weight excluding hydrogens is 264 g/mol. The number of hydrogen-bond acceptors (Lipinski definition) is 3. The molecule has 1 aromatic carbocycles. The van der Waals surface area contributed by atoms with Crippen molar-refractivity contribution in [2.45, 2.75) is 26.2 Å². The number of rotatable bonds is 1. The SMILES string of the molecule is CC(C)(C)c1ccc(C2=CC=CN3CCSN=C23)cc1. The predicted octanol–water partition coefficient (Wildman–Crippen LogP) is 4.26. The molecule has 0 fully saturated rings. The van der Waals surface area contributed by atoms with E-state index in [1.165, 1.54) is 16.7 Å². The third-order valence-corrected chi connectivity index (χ3v) is 4.35. The van der Waals surface area contributed by atoms with Gasteiger partial charge in [0.2, 0.25) is 0 Å². The van der Waals surface area contributed by atoms with Crippen molar-refractivity contribution in [2.24, 2.45) is 4.40 Å². The molecule has 0 atom stereocenters. The van der Waals surface area contributed by atoms with Crippen molar-refractivity contribution in [3.8, 4) is 0 Å². The van der Waals surface area contributed by atoms with Crippen LogP contribution < -0.4 is 0 Å². The van der Waals surface area contributed by atoms with E-state index in [0.29, 0.717) is 0 Å². The molecule has 0 unspecified atom stereocenters. The first-order chi connectivity index (χ1) is 9.55. The maximum Gasteiger partial charge on any atom is 0.148 e. The molecule has 2 heterocycles. The molecule has 0 saturated heterocycles. The Kier molecular flexibility index (Phi) is 3.47. The highest BCUT2D eigenvalue weighted by atomic mass is 32.2. The second kappa shape index (κ2) is 5.13. The van der Waals surface area contributed by atoms with E-state index in [-0.39, 0.29) is 5.41 Å². The lowest BCUT2D eigenvalue weighted by Gasteiger charge is -2.29. The minimum Gasteiger partial charge on any atom is -0.331 e. The second-order valence-electron chi connectivity index (χ2n) is 6.19. The van der Waals surface area contributed by atoms with Crippen LogP contribution in [-0.2, 0) is 5.41 Å². The first-order valence-corrected chi connectivity index (χ1v) is 7.96. The molecule has 1 aromatic rings. The first kappa shape index (κ1) is 13.5. The summed E-state index contributed by atoms with van der Waals surface area (Å²) in [5.41, 5.74) is 4.03. The van der Waals surface area contributed by atoms with E-state index in [0.717, 1.165) is 18.1 Å². The van der Waals surface area contributed by atoms with Gasteiger partial charge < -0.3 is 4.90 Å². The van der Waals surface area contributed by atoms with Crippen molar-refractivity contribution >= 4 is 23.4 Å². The third-order valence-electron chi connectivity index (χ3n) is 3.68. The molecule has 2 nitrogen and oxygen atoms in total. The van der Waals surface area contributed by atoms with E-state index in [9.17, 15) is 0 Å². The smallest absolute Gasteiger partial charge is 0.148 e. The summed E-state index contributed by atoms with van der Waals surface area (Å²) in [5.74, 6) is 2.15. The Morgan fingerprint density at radius 1 is 1.15 bits per heavy atom. The second-order valence-corrected chi connectivity index (χ2v) is 7.04. The highest BCUT2D eigenvalue weighted by Crippen LogP contribution is 2.29. The molecule has 3 rings (SSSR count). The van der Waals surface area contributed by atoms with Gasteiger partial charge in [-0.05, 0) is 40.6 Å². The van der Waals surface area contributed by atoms with E-state index in [2.05, 4.69) is 72.7 Å². The predicted molar refractivity (Wildman–Crippen MR) is 88.9 cm³/mol. The van der Waals surface area contributed by atoms with Crippen LogP contribution in [0.1, 0.15) is 31.9 Å². The molecule has 104 valence electrons. The van der Waals surface area contributed by atoms with E-state index in [4.69, 9.17) is 0 Å². The van der Waals surface area contributed by atoms with Crippen LogP contribution >= 0.6 is 11.9 Å². The van der Waals surface area contributed by atoms with E-state index >= 15 is 0 Å². The van der Waals surface area contributed by atoms with E-state index in [1.807, 2.05) is 0 Å². The molecule has 20 heavy (non-hydrogen) atoms. The summed E-state index contributed by atoms with van der Waals surface area (Å²) in [6.07, 6.45) is 6.39. The topological polar surface area (TPSA) is 15.6 Å². The Morgan fingerprint density at radius 2 is 1.90 bits per heavy atom. The van der Waals surface area contributed by atoms with Crippen molar-refractivity contribution in [3.63, 3.8) is 0 Å².